The fourth-order valence-corrected chi connectivity index (χ4v) is 3.60. The highest BCUT2D eigenvalue weighted by atomic mass is 35.5. The van der Waals surface area contributed by atoms with Crippen molar-refractivity contribution in [1.29, 1.82) is 0 Å². The van der Waals surface area contributed by atoms with E-state index in [9.17, 15) is 9.90 Å². The molecule has 2 aromatic carbocycles. The number of anilines is 1. The van der Waals surface area contributed by atoms with E-state index in [1.54, 1.807) is 25.1 Å². The standard InChI is InChI=1S/C19H18ClN3O5S/c1-11(17(24)21-14-9-13(20)15(26-2)10-16(14)27-3)29-18-19(25)28-22-23(18)12-7-5-4-6-8-12/h4-11H,1-3H3,(H-,21,22,24,25). The lowest BCUT2D eigenvalue weighted by Crippen LogP contribution is -2.36. The summed E-state index contributed by atoms with van der Waals surface area (Å²) in [4.78, 5) is 12.7. The number of nitrogens with one attached hydrogen (secondary N) is 1. The molecule has 0 fully saturated rings. The first-order chi connectivity index (χ1) is 13.9. The van der Waals surface area contributed by atoms with E-state index in [0.717, 1.165) is 11.8 Å². The van der Waals surface area contributed by atoms with E-state index in [2.05, 4.69) is 10.6 Å². The Morgan fingerprint density at radius 1 is 1.24 bits per heavy atom. The Kier molecular flexibility index (Phi) is 6.50. The highest BCUT2D eigenvalue weighted by Gasteiger charge is 2.27. The van der Waals surface area contributed by atoms with Crippen molar-refractivity contribution in [2.75, 3.05) is 19.5 Å². The van der Waals surface area contributed by atoms with Crippen LogP contribution >= 0.6 is 23.4 Å². The molecule has 0 aliphatic heterocycles. The van der Waals surface area contributed by atoms with Gasteiger partial charge in [-0.1, -0.05) is 29.8 Å². The number of hydrogen-bond donors (Lipinski definition) is 1. The van der Waals surface area contributed by atoms with E-state index in [1.165, 1.54) is 25.0 Å². The van der Waals surface area contributed by atoms with E-state index in [1.807, 2.05) is 18.2 Å². The third-order valence-corrected chi connectivity index (χ3v) is 5.39. The molecule has 1 unspecified atom stereocenters. The van der Waals surface area contributed by atoms with Gasteiger partial charge >= 0.3 is 0 Å². The van der Waals surface area contributed by atoms with Crippen LogP contribution in [0.5, 0.6) is 17.4 Å². The number of para-hydroxylation sites is 1. The van der Waals surface area contributed by atoms with Crippen LogP contribution in [0.25, 0.3) is 5.69 Å². The number of thioether (sulfide) groups is 1. The van der Waals surface area contributed by atoms with E-state index >= 15 is 0 Å². The first-order valence-electron chi connectivity index (χ1n) is 8.48. The van der Waals surface area contributed by atoms with Crippen LogP contribution in [-0.2, 0) is 4.79 Å². The summed E-state index contributed by atoms with van der Waals surface area (Å²) in [6.07, 6.45) is 0. The SMILES string of the molecule is COc1cc(OC)c(NC(=O)C(C)Sc2c([O-])on[n+]2-c2ccccc2)cc1Cl. The number of methoxy groups -OCH3 is 2. The number of rotatable bonds is 7. The molecule has 0 radical (unpaired) electrons. The summed E-state index contributed by atoms with van der Waals surface area (Å²) >= 11 is 7.18. The average Bonchev–Trinajstić information content (AvgIpc) is 3.09. The number of hydrogen-bond acceptors (Lipinski definition) is 7. The molecular weight excluding hydrogens is 418 g/mol. The number of ether oxygens (including phenoxy) is 2. The van der Waals surface area contributed by atoms with Gasteiger partial charge in [-0.3, -0.25) is 4.79 Å². The molecule has 0 spiro atoms. The Morgan fingerprint density at radius 2 is 1.93 bits per heavy atom. The minimum Gasteiger partial charge on any atom is -0.538 e. The molecule has 0 aliphatic rings. The summed E-state index contributed by atoms with van der Waals surface area (Å²) in [5.41, 5.74) is 1.04. The zero-order valence-electron chi connectivity index (χ0n) is 15.8. The van der Waals surface area contributed by atoms with Crippen LogP contribution in [0.2, 0.25) is 5.02 Å². The molecule has 152 valence electrons. The maximum Gasteiger partial charge on any atom is 0.298 e. The van der Waals surface area contributed by atoms with Gasteiger partial charge in [0.05, 0.1) is 35.5 Å². The predicted molar refractivity (Wildman–Crippen MR) is 106 cm³/mol. The second kappa shape index (κ2) is 9.06. The molecule has 0 aliphatic carbocycles. The minimum atomic E-state index is -0.636. The minimum absolute atomic E-state index is 0.193. The maximum absolute atomic E-state index is 12.7. The van der Waals surface area contributed by atoms with Gasteiger partial charge in [-0.2, -0.15) is 0 Å². The zero-order chi connectivity index (χ0) is 21.0. The van der Waals surface area contributed by atoms with Crippen LogP contribution in [-0.4, -0.2) is 30.6 Å². The smallest absolute Gasteiger partial charge is 0.298 e. The molecule has 3 rings (SSSR count). The number of carbonyl (C=O) groups is 1. The third-order valence-electron chi connectivity index (χ3n) is 3.96. The number of benzene rings is 2. The van der Waals surface area contributed by atoms with Gasteiger partial charge in [-0.25, -0.2) is 0 Å². The second-order valence-electron chi connectivity index (χ2n) is 5.85. The molecule has 29 heavy (non-hydrogen) atoms. The van der Waals surface area contributed by atoms with Crippen molar-refractivity contribution in [2.24, 2.45) is 0 Å². The fourth-order valence-electron chi connectivity index (χ4n) is 2.49. The molecular formula is C19H18ClN3O5S. The Morgan fingerprint density at radius 3 is 2.59 bits per heavy atom. The molecule has 1 aromatic heterocycles. The molecule has 8 nitrogen and oxygen atoms in total. The van der Waals surface area contributed by atoms with Crippen molar-refractivity contribution >= 4 is 35.0 Å². The lowest BCUT2D eigenvalue weighted by atomic mass is 10.2. The van der Waals surface area contributed by atoms with E-state index in [4.69, 9.17) is 25.6 Å². The predicted octanol–water partition coefficient (Wildman–Crippen LogP) is 2.81. The van der Waals surface area contributed by atoms with Crippen molar-refractivity contribution in [1.82, 2.24) is 5.27 Å². The zero-order valence-corrected chi connectivity index (χ0v) is 17.4. The number of amides is 1. The largest absolute Gasteiger partial charge is 0.538 e. The molecule has 10 heteroatoms. The van der Waals surface area contributed by atoms with Gasteiger partial charge in [0.15, 0.2) is 5.95 Å². The topological polar surface area (TPSA) is 101 Å². The van der Waals surface area contributed by atoms with Crippen LogP contribution in [0.1, 0.15) is 6.92 Å². The number of carbonyl (C=O) groups excluding carboxylic acids is 1. The molecule has 3 aromatic rings. The van der Waals surface area contributed by atoms with Gasteiger partial charge < -0.3 is 24.4 Å². The first-order valence-corrected chi connectivity index (χ1v) is 9.73. The maximum atomic E-state index is 12.7. The summed E-state index contributed by atoms with van der Waals surface area (Å²) in [5, 5.41) is 18.5. The number of halogens is 1. The normalized spacial score (nSPS) is 11.7. The van der Waals surface area contributed by atoms with E-state index < -0.39 is 11.2 Å². The highest BCUT2D eigenvalue weighted by Crippen LogP contribution is 2.36. The first kappa shape index (κ1) is 20.8. The monoisotopic (exact) mass is 435 g/mol. The highest BCUT2D eigenvalue weighted by molar-refractivity contribution is 8.00. The number of aromatic nitrogens is 2. The molecule has 1 amide bonds. The Labute approximate surface area is 176 Å². The quantitative estimate of drug-likeness (QED) is 0.449. The van der Waals surface area contributed by atoms with Crippen molar-refractivity contribution < 1.29 is 28.6 Å². The third kappa shape index (κ3) is 4.57. The van der Waals surface area contributed by atoms with Gasteiger partial charge in [0.25, 0.3) is 5.03 Å². The Hall–Kier alpha value is -2.91. The Balaban J connectivity index is 1.79. The lowest BCUT2D eigenvalue weighted by molar-refractivity contribution is -0.705. The summed E-state index contributed by atoms with van der Waals surface area (Å²) in [6.45, 7) is 1.67. The van der Waals surface area contributed by atoms with Crippen LogP contribution in [0.15, 0.2) is 52.0 Å². The average molecular weight is 436 g/mol. The molecule has 0 bridgehead atoms. The second-order valence-corrected chi connectivity index (χ2v) is 7.59. The summed E-state index contributed by atoms with van der Waals surface area (Å²) in [5.74, 6) is -0.155. The lowest BCUT2D eigenvalue weighted by Gasteiger charge is -2.15. The summed E-state index contributed by atoms with van der Waals surface area (Å²) in [6, 6.07) is 12.1. The Bertz CT molecular complexity index is 1010. The summed E-state index contributed by atoms with van der Waals surface area (Å²) in [7, 11) is 2.96. The van der Waals surface area contributed by atoms with Gasteiger partial charge in [0, 0.05) is 18.2 Å². The van der Waals surface area contributed by atoms with Gasteiger partial charge in [0.1, 0.15) is 11.5 Å². The van der Waals surface area contributed by atoms with E-state index in [-0.39, 0.29) is 10.9 Å². The fraction of sp³-hybridized carbons (Fsp3) is 0.211. The van der Waals surface area contributed by atoms with Crippen molar-refractivity contribution in [3.8, 4) is 23.1 Å². The van der Waals surface area contributed by atoms with Crippen LogP contribution in [0, 0.1) is 0 Å². The molecule has 0 saturated heterocycles. The number of nitrogens with zero attached hydrogens (tertiary/aromatic N) is 2. The molecule has 1 N–H and O–H groups in total. The molecule has 1 atom stereocenters. The van der Waals surface area contributed by atoms with Crippen molar-refractivity contribution in [2.45, 2.75) is 17.2 Å². The van der Waals surface area contributed by atoms with Gasteiger partial charge in [-0.15, -0.1) is 0 Å². The van der Waals surface area contributed by atoms with Crippen LogP contribution in [0.3, 0.4) is 0 Å². The summed E-state index contributed by atoms with van der Waals surface area (Å²) < 4.78 is 16.6. The molecule has 1 heterocycles. The van der Waals surface area contributed by atoms with Crippen LogP contribution < -0.4 is 24.6 Å². The van der Waals surface area contributed by atoms with Gasteiger partial charge in [0.2, 0.25) is 11.6 Å². The van der Waals surface area contributed by atoms with E-state index in [0.29, 0.717) is 27.9 Å². The van der Waals surface area contributed by atoms with Gasteiger partial charge in [-0.05, 0) is 29.4 Å². The van der Waals surface area contributed by atoms with Crippen molar-refractivity contribution in [3.63, 3.8) is 0 Å². The molecule has 0 saturated carbocycles. The van der Waals surface area contributed by atoms with Crippen LogP contribution in [0.4, 0.5) is 5.69 Å². The van der Waals surface area contributed by atoms with Crippen molar-refractivity contribution in [3.05, 3.63) is 47.5 Å².